The van der Waals surface area contributed by atoms with E-state index in [9.17, 15) is 31.2 Å². The van der Waals surface area contributed by atoms with Crippen LogP contribution in [0.1, 0.15) is 29.6 Å². The predicted octanol–water partition coefficient (Wildman–Crippen LogP) is 3.07. The molecule has 1 N–H and O–H groups in total. The Labute approximate surface area is 176 Å². The number of carbonyl (C=O) groups excluding carboxylic acids is 2. The molecule has 7 nitrogen and oxygen atoms in total. The molecular weight excluding hydrogens is 437 g/mol. The normalized spacial score (nSPS) is 14.8. The van der Waals surface area contributed by atoms with E-state index in [2.05, 4.69) is 0 Å². The second-order valence-electron chi connectivity index (χ2n) is 6.84. The van der Waals surface area contributed by atoms with E-state index < -0.39 is 51.6 Å². The van der Waals surface area contributed by atoms with Gasteiger partial charge in [-0.1, -0.05) is 6.42 Å². The fraction of sp³-hybridized carbons (Fsp3) is 0.300. The molecule has 2 aromatic carbocycles. The number of carbonyl (C=O) groups is 2. The van der Waals surface area contributed by atoms with Crippen LogP contribution in [-0.4, -0.2) is 44.3 Å². The maximum absolute atomic E-state index is 13.6. The highest BCUT2D eigenvalue weighted by Crippen LogP contribution is 2.21. The molecule has 0 atom stereocenters. The number of rotatable bonds is 6. The third kappa shape index (κ3) is 5.23. The summed E-state index contributed by atoms with van der Waals surface area (Å²) in [6.45, 7) is 0.0741. The molecule has 0 spiro atoms. The van der Waals surface area contributed by atoms with Crippen LogP contribution in [0.5, 0.6) is 0 Å². The van der Waals surface area contributed by atoms with Crippen molar-refractivity contribution in [1.82, 2.24) is 4.31 Å². The monoisotopic (exact) mass is 456 g/mol. The van der Waals surface area contributed by atoms with Gasteiger partial charge in [-0.15, -0.1) is 0 Å². The minimum absolute atomic E-state index is 0.00408. The Bertz CT molecular complexity index is 1080. The van der Waals surface area contributed by atoms with Crippen molar-refractivity contribution in [1.29, 1.82) is 0 Å². The topological polar surface area (TPSA) is 92.8 Å². The molecule has 0 unspecified atom stereocenters. The van der Waals surface area contributed by atoms with E-state index in [1.165, 1.54) is 28.6 Å². The summed E-state index contributed by atoms with van der Waals surface area (Å²) in [6.07, 6.45) is 2.56. The molecule has 31 heavy (non-hydrogen) atoms. The molecule has 11 heteroatoms. The molecule has 0 aliphatic carbocycles. The number of hydrogen-bond acceptors (Lipinski definition) is 5. The quantitative estimate of drug-likeness (QED) is 0.533. The van der Waals surface area contributed by atoms with Crippen LogP contribution in [-0.2, 0) is 19.6 Å². The van der Waals surface area contributed by atoms with Crippen LogP contribution in [0.2, 0.25) is 0 Å². The highest BCUT2D eigenvalue weighted by molar-refractivity contribution is 7.89. The molecule has 1 aliphatic heterocycles. The average molecular weight is 456 g/mol. The zero-order chi connectivity index (χ0) is 22.6. The maximum atomic E-state index is 13.6. The molecule has 1 saturated heterocycles. The molecule has 1 heterocycles. The minimum Gasteiger partial charge on any atom is -0.452 e. The Morgan fingerprint density at radius 3 is 2.23 bits per heavy atom. The summed E-state index contributed by atoms with van der Waals surface area (Å²) in [5.74, 6) is -6.61. The molecule has 0 bridgehead atoms. The van der Waals surface area contributed by atoms with Gasteiger partial charge in [0.15, 0.2) is 24.1 Å². The predicted molar refractivity (Wildman–Crippen MR) is 104 cm³/mol. The van der Waals surface area contributed by atoms with Gasteiger partial charge in [0, 0.05) is 13.1 Å². The van der Waals surface area contributed by atoms with E-state index in [1.54, 1.807) is 0 Å². The number of nitrogens with one attached hydrogen (secondary N) is 1. The lowest BCUT2D eigenvalue weighted by atomic mass is 10.2. The Morgan fingerprint density at radius 2 is 1.58 bits per heavy atom. The molecule has 1 amide bonds. The van der Waals surface area contributed by atoms with Crippen molar-refractivity contribution in [3.8, 4) is 0 Å². The molecule has 2 aromatic rings. The summed E-state index contributed by atoms with van der Waals surface area (Å²) in [5, 5.41) is 1.97. The first-order chi connectivity index (χ1) is 14.7. The summed E-state index contributed by atoms with van der Waals surface area (Å²) < 4.78 is 71.1. The van der Waals surface area contributed by atoms with Crippen LogP contribution in [0.4, 0.5) is 18.9 Å². The van der Waals surface area contributed by atoms with Gasteiger partial charge in [-0.3, -0.25) is 4.79 Å². The number of ether oxygens (including phenoxy) is 1. The third-order valence-electron chi connectivity index (χ3n) is 4.69. The summed E-state index contributed by atoms with van der Waals surface area (Å²) in [7, 11) is -3.65. The molecule has 166 valence electrons. The van der Waals surface area contributed by atoms with Crippen LogP contribution in [0, 0.1) is 17.5 Å². The number of nitrogens with zero attached hydrogens (tertiary/aromatic N) is 1. The van der Waals surface area contributed by atoms with E-state index in [0.29, 0.717) is 19.2 Å². The van der Waals surface area contributed by atoms with E-state index in [-0.39, 0.29) is 10.5 Å². The fourth-order valence-electron chi connectivity index (χ4n) is 3.04. The van der Waals surface area contributed by atoms with Crippen molar-refractivity contribution < 1.29 is 35.9 Å². The zero-order valence-electron chi connectivity index (χ0n) is 16.2. The molecule has 1 fully saturated rings. The Balaban J connectivity index is 1.58. The van der Waals surface area contributed by atoms with E-state index in [1.807, 2.05) is 5.32 Å². The number of piperidine rings is 1. The van der Waals surface area contributed by atoms with Crippen LogP contribution in [0.15, 0.2) is 41.3 Å². The van der Waals surface area contributed by atoms with Gasteiger partial charge < -0.3 is 10.1 Å². The first-order valence-electron chi connectivity index (χ1n) is 9.41. The van der Waals surface area contributed by atoms with Crippen LogP contribution in [0.3, 0.4) is 0 Å². The van der Waals surface area contributed by atoms with Crippen molar-refractivity contribution in [2.45, 2.75) is 24.2 Å². The SMILES string of the molecule is O=C(COC(=O)c1ccc(S(=O)(=O)N2CCCCC2)cc1)Nc1ccc(F)c(F)c1F. The van der Waals surface area contributed by atoms with Gasteiger partial charge in [-0.25, -0.2) is 26.4 Å². The summed E-state index contributed by atoms with van der Waals surface area (Å²) in [6, 6.07) is 6.53. The van der Waals surface area contributed by atoms with Gasteiger partial charge in [0.1, 0.15) is 0 Å². The molecule has 3 rings (SSSR count). The van der Waals surface area contributed by atoms with Gasteiger partial charge in [0.05, 0.1) is 16.1 Å². The molecule has 0 saturated carbocycles. The number of hydrogen-bond donors (Lipinski definition) is 1. The minimum atomic E-state index is -3.65. The van der Waals surface area contributed by atoms with Gasteiger partial charge in [-0.05, 0) is 49.2 Å². The highest BCUT2D eigenvalue weighted by atomic mass is 32.2. The number of halogens is 3. The van der Waals surface area contributed by atoms with Crippen molar-refractivity contribution in [2.24, 2.45) is 0 Å². The Morgan fingerprint density at radius 1 is 0.935 bits per heavy atom. The van der Waals surface area contributed by atoms with Crippen molar-refractivity contribution in [3.63, 3.8) is 0 Å². The van der Waals surface area contributed by atoms with Crippen molar-refractivity contribution in [3.05, 3.63) is 59.4 Å². The van der Waals surface area contributed by atoms with Crippen molar-refractivity contribution in [2.75, 3.05) is 25.0 Å². The van der Waals surface area contributed by atoms with Gasteiger partial charge >= 0.3 is 5.97 Å². The first-order valence-corrected chi connectivity index (χ1v) is 10.8. The number of amides is 1. The maximum Gasteiger partial charge on any atom is 0.338 e. The second-order valence-corrected chi connectivity index (χ2v) is 8.77. The van der Waals surface area contributed by atoms with E-state index in [4.69, 9.17) is 4.74 Å². The third-order valence-corrected chi connectivity index (χ3v) is 6.60. The standard InChI is InChI=1S/C20H19F3N2O5S/c21-15-8-9-16(19(23)18(15)22)24-17(26)12-30-20(27)13-4-6-14(7-5-13)31(28,29)25-10-2-1-3-11-25/h4-9H,1-3,10-12H2,(H,24,26). The van der Waals surface area contributed by atoms with Gasteiger partial charge in [0.2, 0.25) is 10.0 Å². The lowest BCUT2D eigenvalue weighted by Gasteiger charge is -2.25. The fourth-order valence-corrected chi connectivity index (χ4v) is 4.56. The number of anilines is 1. The largest absolute Gasteiger partial charge is 0.452 e. The summed E-state index contributed by atoms with van der Waals surface area (Å²) in [5.41, 5.74) is -0.600. The molecule has 0 radical (unpaired) electrons. The van der Waals surface area contributed by atoms with Crippen LogP contribution >= 0.6 is 0 Å². The van der Waals surface area contributed by atoms with Crippen molar-refractivity contribution >= 4 is 27.6 Å². The Hall–Kier alpha value is -2.92. The zero-order valence-corrected chi connectivity index (χ0v) is 17.1. The summed E-state index contributed by atoms with van der Waals surface area (Å²) >= 11 is 0. The van der Waals surface area contributed by atoms with Gasteiger partial charge in [-0.2, -0.15) is 4.31 Å². The summed E-state index contributed by atoms with van der Waals surface area (Å²) in [4.78, 5) is 23.9. The number of esters is 1. The van der Waals surface area contributed by atoms with Gasteiger partial charge in [0.25, 0.3) is 5.91 Å². The number of sulfonamides is 1. The Kier molecular flexibility index (Phi) is 6.96. The van der Waals surface area contributed by atoms with Crippen LogP contribution < -0.4 is 5.32 Å². The molecular formula is C20H19F3N2O5S. The van der Waals surface area contributed by atoms with E-state index in [0.717, 1.165) is 25.3 Å². The smallest absolute Gasteiger partial charge is 0.338 e. The van der Waals surface area contributed by atoms with E-state index >= 15 is 0 Å². The lowest BCUT2D eigenvalue weighted by molar-refractivity contribution is -0.119. The number of benzene rings is 2. The molecule has 1 aliphatic rings. The second kappa shape index (κ2) is 9.48. The lowest BCUT2D eigenvalue weighted by Crippen LogP contribution is -2.35. The van der Waals surface area contributed by atoms with Crippen LogP contribution in [0.25, 0.3) is 0 Å². The molecule has 0 aromatic heterocycles. The average Bonchev–Trinajstić information content (AvgIpc) is 2.78. The highest BCUT2D eigenvalue weighted by Gasteiger charge is 2.26. The first kappa shape index (κ1) is 22.8.